The van der Waals surface area contributed by atoms with Gasteiger partial charge in [-0.15, -0.1) is 0 Å². The standard InChI is InChI=1S/C21H28N2O5/c1-4-27-21(26)19-13(2)18(14(3)22-19)20(25)28-12-17(24)23(16-10-11-16)15-8-6-5-7-9-15/h8,16,22H,4-7,9-12H2,1-3H3. The SMILES string of the molecule is CCOC(=O)c1[nH]c(C)c(C(=O)OCC(=O)N(C2=CCCCC2)C2CC2)c1C. The number of hydrogen-bond donors (Lipinski definition) is 1. The van der Waals surface area contributed by atoms with Crippen molar-refractivity contribution in [3.05, 3.63) is 34.3 Å². The first-order chi connectivity index (χ1) is 13.4. The molecule has 1 aromatic heterocycles. The first kappa shape index (κ1) is 20.2. The molecule has 28 heavy (non-hydrogen) atoms. The van der Waals surface area contributed by atoms with E-state index in [-0.39, 0.29) is 36.4 Å². The van der Waals surface area contributed by atoms with Crippen LogP contribution in [0.1, 0.15) is 77.6 Å². The third kappa shape index (κ3) is 4.29. The molecule has 2 aliphatic carbocycles. The van der Waals surface area contributed by atoms with E-state index in [4.69, 9.17) is 9.47 Å². The van der Waals surface area contributed by atoms with Crippen LogP contribution in [0.5, 0.6) is 0 Å². The number of aromatic amines is 1. The van der Waals surface area contributed by atoms with Gasteiger partial charge in [0.2, 0.25) is 0 Å². The minimum atomic E-state index is -0.608. The number of allylic oxidation sites excluding steroid dienone is 2. The van der Waals surface area contributed by atoms with Crippen LogP contribution in [0.25, 0.3) is 0 Å². The van der Waals surface area contributed by atoms with Crippen molar-refractivity contribution in [2.24, 2.45) is 0 Å². The van der Waals surface area contributed by atoms with Gasteiger partial charge in [-0.25, -0.2) is 9.59 Å². The summed E-state index contributed by atoms with van der Waals surface area (Å²) in [5.74, 6) is -1.30. The van der Waals surface area contributed by atoms with E-state index in [1.807, 2.05) is 4.90 Å². The molecule has 7 nitrogen and oxygen atoms in total. The molecule has 1 N–H and O–H groups in total. The summed E-state index contributed by atoms with van der Waals surface area (Å²) >= 11 is 0. The van der Waals surface area contributed by atoms with Crippen LogP contribution in [-0.4, -0.2) is 47.0 Å². The average molecular weight is 388 g/mol. The molecule has 1 amide bonds. The van der Waals surface area contributed by atoms with E-state index in [2.05, 4.69) is 11.1 Å². The van der Waals surface area contributed by atoms with E-state index in [1.165, 1.54) is 0 Å². The summed E-state index contributed by atoms with van der Waals surface area (Å²) in [5.41, 5.74) is 2.58. The molecule has 0 unspecified atom stereocenters. The molecule has 0 aromatic carbocycles. The van der Waals surface area contributed by atoms with Gasteiger partial charge < -0.3 is 19.4 Å². The van der Waals surface area contributed by atoms with Crippen molar-refractivity contribution in [2.45, 2.75) is 65.3 Å². The number of rotatable bonds is 7. The molecular formula is C21H28N2O5. The van der Waals surface area contributed by atoms with Gasteiger partial charge in [0.1, 0.15) is 5.69 Å². The second-order valence-electron chi connectivity index (χ2n) is 7.36. The number of carbonyl (C=O) groups is 3. The zero-order chi connectivity index (χ0) is 20.3. The molecule has 0 aliphatic heterocycles. The van der Waals surface area contributed by atoms with Gasteiger partial charge in [-0.2, -0.15) is 0 Å². The van der Waals surface area contributed by atoms with Gasteiger partial charge in [-0.1, -0.05) is 6.08 Å². The number of ether oxygens (including phenoxy) is 2. The zero-order valence-corrected chi connectivity index (χ0v) is 16.8. The number of nitrogens with one attached hydrogen (secondary N) is 1. The van der Waals surface area contributed by atoms with Crippen LogP contribution in [0.15, 0.2) is 11.8 Å². The molecule has 0 atom stereocenters. The highest BCUT2D eigenvalue weighted by Gasteiger charge is 2.35. The van der Waals surface area contributed by atoms with Crippen LogP contribution in [0.3, 0.4) is 0 Å². The number of nitrogens with zero attached hydrogens (tertiary/aromatic N) is 1. The highest BCUT2D eigenvalue weighted by Crippen LogP contribution is 2.33. The quantitative estimate of drug-likeness (QED) is 0.723. The van der Waals surface area contributed by atoms with Gasteiger partial charge >= 0.3 is 11.9 Å². The molecule has 1 heterocycles. The summed E-state index contributed by atoms with van der Waals surface area (Å²) in [7, 11) is 0. The molecule has 0 spiro atoms. The number of hydrogen-bond acceptors (Lipinski definition) is 5. The van der Waals surface area contributed by atoms with E-state index in [1.54, 1.807) is 20.8 Å². The maximum Gasteiger partial charge on any atom is 0.355 e. The Bertz CT molecular complexity index is 804. The fourth-order valence-corrected chi connectivity index (χ4v) is 3.70. The topological polar surface area (TPSA) is 88.7 Å². The molecule has 1 aromatic rings. The molecule has 3 rings (SSSR count). The van der Waals surface area contributed by atoms with Crippen LogP contribution in [0.2, 0.25) is 0 Å². The minimum absolute atomic E-state index is 0.180. The van der Waals surface area contributed by atoms with Gasteiger partial charge in [0.05, 0.1) is 12.2 Å². The Labute approximate surface area is 165 Å². The Kier molecular flexibility index (Phi) is 6.21. The Morgan fingerprint density at radius 2 is 1.89 bits per heavy atom. The lowest BCUT2D eigenvalue weighted by Crippen LogP contribution is -2.36. The summed E-state index contributed by atoms with van der Waals surface area (Å²) in [6.07, 6.45) is 8.25. The number of aromatic nitrogens is 1. The molecule has 0 radical (unpaired) electrons. The molecule has 7 heteroatoms. The predicted molar refractivity (Wildman–Crippen MR) is 103 cm³/mol. The van der Waals surface area contributed by atoms with Crippen LogP contribution in [0, 0.1) is 13.8 Å². The maximum absolute atomic E-state index is 12.8. The lowest BCUT2D eigenvalue weighted by molar-refractivity contribution is -0.133. The second kappa shape index (κ2) is 8.63. The number of carbonyl (C=O) groups excluding carboxylic acids is 3. The maximum atomic E-state index is 12.8. The largest absolute Gasteiger partial charge is 0.461 e. The highest BCUT2D eigenvalue weighted by atomic mass is 16.5. The van der Waals surface area contributed by atoms with Crippen molar-refractivity contribution < 1.29 is 23.9 Å². The van der Waals surface area contributed by atoms with E-state index in [0.29, 0.717) is 11.3 Å². The third-order valence-electron chi connectivity index (χ3n) is 5.21. The predicted octanol–water partition coefficient (Wildman–Crippen LogP) is 3.41. The van der Waals surface area contributed by atoms with Gasteiger partial charge in [-0.05, 0) is 64.9 Å². The van der Waals surface area contributed by atoms with Gasteiger partial charge in [0.25, 0.3) is 5.91 Å². The number of aryl methyl sites for hydroxylation is 1. The summed E-state index contributed by atoms with van der Waals surface area (Å²) < 4.78 is 10.3. The van der Waals surface area contributed by atoms with Gasteiger partial charge in [0, 0.05) is 17.4 Å². The monoisotopic (exact) mass is 388 g/mol. The normalized spacial score (nSPS) is 16.3. The smallest absolute Gasteiger partial charge is 0.355 e. The molecule has 0 bridgehead atoms. The van der Waals surface area contributed by atoms with Gasteiger partial charge in [-0.3, -0.25) is 4.79 Å². The second-order valence-corrected chi connectivity index (χ2v) is 7.36. The fourth-order valence-electron chi connectivity index (χ4n) is 3.70. The van der Waals surface area contributed by atoms with Gasteiger partial charge in [0.15, 0.2) is 6.61 Å². The van der Waals surface area contributed by atoms with Crippen molar-refractivity contribution in [1.82, 2.24) is 9.88 Å². The summed E-state index contributed by atoms with van der Waals surface area (Å²) in [5, 5.41) is 0. The average Bonchev–Trinajstić information content (AvgIpc) is 3.45. The number of H-pyrrole nitrogens is 1. The fraction of sp³-hybridized carbons (Fsp3) is 0.571. The zero-order valence-electron chi connectivity index (χ0n) is 16.8. The minimum Gasteiger partial charge on any atom is -0.461 e. The Hall–Kier alpha value is -2.57. The van der Waals surface area contributed by atoms with Crippen LogP contribution in [0.4, 0.5) is 0 Å². The summed E-state index contributed by atoms with van der Waals surface area (Å²) in [4.78, 5) is 42.1. The highest BCUT2D eigenvalue weighted by molar-refractivity contribution is 5.99. The van der Waals surface area contributed by atoms with Crippen molar-refractivity contribution >= 4 is 17.8 Å². The van der Waals surface area contributed by atoms with Crippen LogP contribution in [-0.2, 0) is 14.3 Å². The van der Waals surface area contributed by atoms with E-state index in [0.717, 1.165) is 44.2 Å². The lowest BCUT2D eigenvalue weighted by Gasteiger charge is -2.27. The lowest BCUT2D eigenvalue weighted by atomic mass is 10.0. The Morgan fingerprint density at radius 3 is 2.50 bits per heavy atom. The van der Waals surface area contributed by atoms with Crippen molar-refractivity contribution in [3.63, 3.8) is 0 Å². The Balaban J connectivity index is 1.67. The van der Waals surface area contributed by atoms with Crippen LogP contribution >= 0.6 is 0 Å². The van der Waals surface area contributed by atoms with E-state index >= 15 is 0 Å². The third-order valence-corrected chi connectivity index (χ3v) is 5.21. The molecule has 152 valence electrons. The van der Waals surface area contributed by atoms with E-state index in [9.17, 15) is 14.4 Å². The molecule has 1 fully saturated rings. The Morgan fingerprint density at radius 1 is 1.14 bits per heavy atom. The van der Waals surface area contributed by atoms with Crippen molar-refractivity contribution in [1.29, 1.82) is 0 Å². The first-order valence-electron chi connectivity index (χ1n) is 9.98. The molecule has 2 aliphatic rings. The van der Waals surface area contributed by atoms with Crippen molar-refractivity contribution in [2.75, 3.05) is 13.2 Å². The summed E-state index contributed by atoms with van der Waals surface area (Å²) in [6, 6.07) is 0.238. The van der Waals surface area contributed by atoms with Crippen molar-refractivity contribution in [3.8, 4) is 0 Å². The number of amides is 1. The molecular weight excluding hydrogens is 360 g/mol. The van der Waals surface area contributed by atoms with Crippen LogP contribution < -0.4 is 0 Å². The number of esters is 2. The first-order valence-corrected chi connectivity index (χ1v) is 9.98. The summed E-state index contributed by atoms with van der Waals surface area (Å²) in [6.45, 7) is 5.02. The van der Waals surface area contributed by atoms with E-state index < -0.39 is 11.9 Å². The molecule has 0 saturated heterocycles. The molecule has 1 saturated carbocycles.